The Kier molecular flexibility index (Phi) is 5.50. The van der Waals surface area contributed by atoms with E-state index in [1.54, 1.807) is 12.1 Å². The Labute approximate surface area is 136 Å². The van der Waals surface area contributed by atoms with Crippen molar-refractivity contribution in [2.24, 2.45) is 0 Å². The molecular weight excluding hydrogens is 320 g/mol. The van der Waals surface area contributed by atoms with Crippen LogP contribution in [0.25, 0.3) is 6.08 Å². The number of rotatable bonds is 7. The molecule has 126 valence electrons. The number of esters is 1. The lowest BCUT2D eigenvalue weighted by atomic mass is 10.3. The molecule has 9 heteroatoms. The molecule has 2 rings (SSSR count). The van der Waals surface area contributed by atoms with Gasteiger partial charge in [0.05, 0.1) is 18.9 Å². The molecule has 1 N–H and O–H groups in total. The monoisotopic (exact) mass is 334 g/mol. The molecule has 2 aromatic rings. The molecule has 2 heterocycles. The summed E-state index contributed by atoms with van der Waals surface area (Å²) >= 11 is 0. The lowest BCUT2D eigenvalue weighted by Crippen LogP contribution is -2.35. The molecule has 0 aromatic carbocycles. The maximum Gasteiger partial charge on any atom is 0.433 e. The van der Waals surface area contributed by atoms with Crippen molar-refractivity contribution in [2.45, 2.75) is 19.6 Å². The normalized spacial score (nSPS) is 12.0. The van der Waals surface area contributed by atoms with Gasteiger partial charge in [-0.05, 0) is 31.2 Å². The molecule has 0 radical (unpaired) electrons. The summed E-state index contributed by atoms with van der Waals surface area (Å²) in [4.78, 5) is 33.2. The fourth-order valence-electron chi connectivity index (χ4n) is 1.68. The molecule has 0 saturated heterocycles. The van der Waals surface area contributed by atoms with Gasteiger partial charge in [0, 0.05) is 6.08 Å². The van der Waals surface area contributed by atoms with Crippen LogP contribution in [-0.4, -0.2) is 22.9 Å². The first-order valence-electron chi connectivity index (χ1n) is 6.88. The number of hydrogen-bond donors (Lipinski definition) is 1. The molecule has 0 unspecified atom stereocenters. The number of carbonyl (C=O) groups excluding carboxylic acids is 2. The van der Waals surface area contributed by atoms with Crippen molar-refractivity contribution in [3.63, 3.8) is 0 Å². The van der Waals surface area contributed by atoms with Crippen LogP contribution in [0.4, 0.5) is 5.88 Å². The smallest absolute Gasteiger partial charge is 0.433 e. The summed E-state index contributed by atoms with van der Waals surface area (Å²) in [5.41, 5.74) is 0. The third-order valence-electron chi connectivity index (χ3n) is 2.86. The van der Waals surface area contributed by atoms with Gasteiger partial charge in [0.2, 0.25) is 0 Å². The summed E-state index contributed by atoms with van der Waals surface area (Å²) in [5, 5.41) is 13.0. The van der Waals surface area contributed by atoms with Crippen molar-refractivity contribution in [2.75, 3.05) is 0 Å². The number of nitro groups is 1. The third-order valence-corrected chi connectivity index (χ3v) is 2.86. The fraction of sp³-hybridized carbons (Fsp3) is 0.200. The quantitative estimate of drug-likeness (QED) is 0.355. The minimum Gasteiger partial charge on any atom is -0.467 e. The third kappa shape index (κ3) is 4.83. The van der Waals surface area contributed by atoms with E-state index in [2.05, 4.69) is 5.32 Å². The zero-order chi connectivity index (χ0) is 17.5. The van der Waals surface area contributed by atoms with E-state index >= 15 is 0 Å². The molecule has 24 heavy (non-hydrogen) atoms. The Bertz CT molecular complexity index is 746. The molecule has 1 atom stereocenters. The Morgan fingerprint density at radius 3 is 2.83 bits per heavy atom. The highest BCUT2D eigenvalue weighted by Gasteiger charge is 2.17. The summed E-state index contributed by atoms with van der Waals surface area (Å²) in [5.74, 6) is -1.01. The lowest BCUT2D eigenvalue weighted by Gasteiger charge is -2.11. The van der Waals surface area contributed by atoms with Crippen LogP contribution >= 0.6 is 0 Å². The molecule has 0 aliphatic rings. The van der Waals surface area contributed by atoms with Gasteiger partial charge in [-0.3, -0.25) is 14.9 Å². The minimum atomic E-state index is -1.01. The van der Waals surface area contributed by atoms with Gasteiger partial charge in [-0.25, -0.2) is 4.79 Å². The molecule has 0 aliphatic heterocycles. The molecule has 0 spiro atoms. The SMILES string of the molecule is C[C@H](OC(=O)/C=C/c1ccc([N+](=O)[O-])o1)C(=O)NCc1ccco1. The van der Waals surface area contributed by atoms with Crippen molar-refractivity contribution >= 4 is 23.8 Å². The molecule has 0 bridgehead atoms. The zero-order valence-electron chi connectivity index (χ0n) is 12.6. The van der Waals surface area contributed by atoms with Gasteiger partial charge < -0.3 is 18.9 Å². The van der Waals surface area contributed by atoms with Crippen molar-refractivity contribution in [1.82, 2.24) is 5.32 Å². The number of ether oxygens (including phenoxy) is 1. The number of nitrogens with one attached hydrogen (secondary N) is 1. The predicted octanol–water partition coefficient (Wildman–Crippen LogP) is 2.04. The van der Waals surface area contributed by atoms with Gasteiger partial charge in [-0.2, -0.15) is 0 Å². The zero-order valence-corrected chi connectivity index (χ0v) is 12.6. The van der Waals surface area contributed by atoms with Gasteiger partial charge in [0.15, 0.2) is 6.10 Å². The number of carbonyl (C=O) groups is 2. The number of nitrogens with zero attached hydrogens (tertiary/aromatic N) is 1. The highest BCUT2D eigenvalue weighted by atomic mass is 16.6. The van der Waals surface area contributed by atoms with E-state index in [0.717, 1.165) is 12.1 Å². The van der Waals surface area contributed by atoms with Crippen LogP contribution in [0, 0.1) is 10.1 Å². The second-order valence-corrected chi connectivity index (χ2v) is 4.64. The number of furan rings is 2. The first-order chi connectivity index (χ1) is 11.5. The Hall–Kier alpha value is -3.36. The van der Waals surface area contributed by atoms with Crippen molar-refractivity contribution in [3.05, 3.63) is 58.2 Å². The summed E-state index contributed by atoms with van der Waals surface area (Å²) < 4.78 is 14.8. The molecule has 2 aromatic heterocycles. The van der Waals surface area contributed by atoms with Crippen molar-refractivity contribution in [1.29, 1.82) is 0 Å². The summed E-state index contributed by atoms with van der Waals surface area (Å²) in [6, 6.07) is 5.88. The maximum atomic E-state index is 11.8. The van der Waals surface area contributed by atoms with Crippen molar-refractivity contribution < 1.29 is 28.1 Å². The highest BCUT2D eigenvalue weighted by Crippen LogP contribution is 2.16. The second kappa shape index (κ2) is 7.77. The van der Waals surface area contributed by atoms with Crippen LogP contribution in [0.5, 0.6) is 0 Å². The molecule has 0 saturated carbocycles. The number of amides is 1. The van der Waals surface area contributed by atoms with Crippen molar-refractivity contribution in [3.8, 4) is 0 Å². The van der Waals surface area contributed by atoms with E-state index in [-0.39, 0.29) is 12.3 Å². The Balaban J connectivity index is 1.80. The molecule has 0 fully saturated rings. The van der Waals surface area contributed by atoms with Crippen LogP contribution < -0.4 is 5.32 Å². The molecule has 9 nitrogen and oxygen atoms in total. The van der Waals surface area contributed by atoms with Crippen LogP contribution in [0.1, 0.15) is 18.4 Å². The Morgan fingerprint density at radius 2 is 2.21 bits per heavy atom. The largest absolute Gasteiger partial charge is 0.467 e. The van der Waals surface area contributed by atoms with Gasteiger partial charge in [-0.15, -0.1) is 0 Å². The first-order valence-corrected chi connectivity index (χ1v) is 6.88. The molecule has 0 aliphatic carbocycles. The van der Waals surface area contributed by atoms with Gasteiger partial charge in [0.1, 0.15) is 16.4 Å². The fourth-order valence-corrected chi connectivity index (χ4v) is 1.68. The molecular formula is C15H14N2O7. The van der Waals surface area contributed by atoms with Crippen LogP contribution in [0.2, 0.25) is 0 Å². The highest BCUT2D eigenvalue weighted by molar-refractivity contribution is 5.90. The summed E-state index contributed by atoms with van der Waals surface area (Å²) in [6.45, 7) is 1.60. The van der Waals surface area contributed by atoms with E-state index in [9.17, 15) is 19.7 Å². The van der Waals surface area contributed by atoms with E-state index in [1.807, 2.05) is 0 Å². The van der Waals surface area contributed by atoms with E-state index in [4.69, 9.17) is 13.6 Å². The van der Waals surface area contributed by atoms with Gasteiger partial charge in [0.25, 0.3) is 5.91 Å². The summed E-state index contributed by atoms with van der Waals surface area (Å²) in [7, 11) is 0. The van der Waals surface area contributed by atoms with E-state index in [0.29, 0.717) is 5.76 Å². The van der Waals surface area contributed by atoms with E-state index in [1.165, 1.54) is 25.3 Å². The minimum absolute atomic E-state index is 0.119. The lowest BCUT2D eigenvalue weighted by molar-refractivity contribution is -0.402. The average molecular weight is 334 g/mol. The first kappa shape index (κ1) is 17.0. The average Bonchev–Trinajstić information content (AvgIpc) is 3.21. The van der Waals surface area contributed by atoms with E-state index < -0.39 is 28.8 Å². The maximum absolute atomic E-state index is 11.8. The van der Waals surface area contributed by atoms with Gasteiger partial charge >= 0.3 is 11.9 Å². The van der Waals surface area contributed by atoms with Crippen LogP contribution in [-0.2, 0) is 20.9 Å². The predicted molar refractivity (Wildman–Crippen MR) is 80.5 cm³/mol. The van der Waals surface area contributed by atoms with Crippen LogP contribution in [0.15, 0.2) is 45.4 Å². The summed E-state index contributed by atoms with van der Waals surface area (Å²) in [6.07, 6.45) is 2.69. The van der Waals surface area contributed by atoms with Crippen LogP contribution in [0.3, 0.4) is 0 Å². The van der Waals surface area contributed by atoms with Gasteiger partial charge in [-0.1, -0.05) is 0 Å². The molecule has 1 amide bonds. The standard InChI is InChI=1S/C15H14N2O7/c1-10(15(19)16-9-12-3-2-8-22-12)23-14(18)7-5-11-4-6-13(24-11)17(20)21/h2-8,10H,9H2,1H3,(H,16,19)/b7-5+/t10-/m0/s1. The Morgan fingerprint density at radius 1 is 1.42 bits per heavy atom. The second-order valence-electron chi connectivity index (χ2n) is 4.64. The topological polar surface area (TPSA) is 125 Å². The number of hydrogen-bond acceptors (Lipinski definition) is 7.